The van der Waals surface area contributed by atoms with Crippen molar-refractivity contribution in [3.63, 3.8) is 0 Å². The van der Waals surface area contributed by atoms with Gasteiger partial charge in [-0.15, -0.1) is 0 Å². The van der Waals surface area contributed by atoms with Crippen LogP contribution >= 0.6 is 0 Å². The number of halogens is 1. The lowest BCUT2D eigenvalue weighted by molar-refractivity contribution is 0.0507. The molecule has 0 saturated carbocycles. The lowest BCUT2D eigenvalue weighted by Crippen LogP contribution is -2.44. The summed E-state index contributed by atoms with van der Waals surface area (Å²) in [4.78, 5) is 18.5. The molecule has 1 aliphatic rings. The minimum absolute atomic E-state index is 0.0187. The SMILES string of the molecule is CCNC(=NCc1ccc(O)c(F)c1)N1CCC(NC(=O)OC(C)(C)C)C1. The molecule has 27 heavy (non-hydrogen) atoms. The van der Waals surface area contributed by atoms with Gasteiger partial charge in [0.25, 0.3) is 0 Å². The van der Waals surface area contributed by atoms with Crippen LogP contribution in [0.25, 0.3) is 0 Å². The van der Waals surface area contributed by atoms with E-state index >= 15 is 0 Å². The number of carbonyl (C=O) groups excluding carboxylic acids is 1. The number of ether oxygens (including phenoxy) is 1. The number of likely N-dealkylation sites (tertiary alicyclic amines) is 1. The Morgan fingerprint density at radius 1 is 1.44 bits per heavy atom. The maximum absolute atomic E-state index is 13.5. The molecule has 1 fully saturated rings. The van der Waals surface area contributed by atoms with E-state index in [1.165, 1.54) is 12.1 Å². The van der Waals surface area contributed by atoms with Crippen LogP contribution in [0.4, 0.5) is 9.18 Å². The summed E-state index contributed by atoms with van der Waals surface area (Å²) in [5.41, 5.74) is 0.140. The molecule has 8 heteroatoms. The zero-order valence-electron chi connectivity index (χ0n) is 16.4. The number of carbonyl (C=O) groups is 1. The molecule has 1 amide bonds. The fourth-order valence-electron chi connectivity index (χ4n) is 2.79. The Labute approximate surface area is 159 Å². The van der Waals surface area contributed by atoms with E-state index in [-0.39, 0.29) is 11.8 Å². The van der Waals surface area contributed by atoms with Crippen LogP contribution in [-0.2, 0) is 11.3 Å². The molecule has 0 radical (unpaired) electrons. The van der Waals surface area contributed by atoms with Gasteiger partial charge in [-0.25, -0.2) is 14.2 Å². The van der Waals surface area contributed by atoms with E-state index in [2.05, 4.69) is 20.5 Å². The summed E-state index contributed by atoms with van der Waals surface area (Å²) in [6, 6.07) is 4.22. The Hall–Kier alpha value is -2.51. The third-order valence-electron chi connectivity index (χ3n) is 3.97. The van der Waals surface area contributed by atoms with Gasteiger partial charge in [0.1, 0.15) is 5.60 Å². The average molecular weight is 380 g/mol. The second-order valence-corrected chi connectivity index (χ2v) is 7.53. The van der Waals surface area contributed by atoms with E-state index in [0.717, 1.165) is 13.0 Å². The molecule has 1 unspecified atom stereocenters. The quantitative estimate of drug-likeness (QED) is 0.552. The second kappa shape index (κ2) is 8.92. The summed E-state index contributed by atoms with van der Waals surface area (Å²) < 4.78 is 18.8. The number of nitrogens with zero attached hydrogens (tertiary/aromatic N) is 2. The topological polar surface area (TPSA) is 86.2 Å². The van der Waals surface area contributed by atoms with E-state index in [4.69, 9.17) is 4.74 Å². The first-order valence-corrected chi connectivity index (χ1v) is 9.18. The predicted octanol–water partition coefficient (Wildman–Crippen LogP) is 2.60. The first-order valence-electron chi connectivity index (χ1n) is 9.18. The second-order valence-electron chi connectivity index (χ2n) is 7.53. The van der Waals surface area contributed by atoms with Gasteiger partial charge in [-0.3, -0.25) is 0 Å². The Kier molecular flexibility index (Phi) is 6.87. The van der Waals surface area contributed by atoms with E-state index < -0.39 is 17.5 Å². The highest BCUT2D eigenvalue weighted by atomic mass is 19.1. The van der Waals surface area contributed by atoms with Gasteiger partial charge in [-0.2, -0.15) is 0 Å². The molecule has 1 aliphatic heterocycles. The van der Waals surface area contributed by atoms with Crippen LogP contribution in [0.1, 0.15) is 39.7 Å². The highest BCUT2D eigenvalue weighted by Crippen LogP contribution is 2.17. The van der Waals surface area contributed by atoms with Crippen molar-refractivity contribution in [3.8, 4) is 5.75 Å². The van der Waals surface area contributed by atoms with E-state index in [9.17, 15) is 14.3 Å². The van der Waals surface area contributed by atoms with Gasteiger partial charge in [-0.05, 0) is 51.8 Å². The van der Waals surface area contributed by atoms with Crippen LogP contribution in [0.2, 0.25) is 0 Å². The summed E-state index contributed by atoms with van der Waals surface area (Å²) in [6.07, 6.45) is 0.369. The fourth-order valence-corrected chi connectivity index (χ4v) is 2.79. The van der Waals surface area contributed by atoms with E-state index in [1.54, 1.807) is 6.07 Å². The lowest BCUT2D eigenvalue weighted by Gasteiger charge is -2.23. The number of phenolic OH excluding ortho intramolecular Hbond substituents is 1. The number of alkyl carbamates (subject to hydrolysis) is 1. The number of hydrogen-bond donors (Lipinski definition) is 3. The minimum Gasteiger partial charge on any atom is -0.505 e. The van der Waals surface area contributed by atoms with Crippen molar-refractivity contribution < 1.29 is 19.0 Å². The number of nitrogens with one attached hydrogen (secondary N) is 2. The number of aromatic hydroxyl groups is 1. The smallest absolute Gasteiger partial charge is 0.407 e. The van der Waals surface area contributed by atoms with Crippen molar-refractivity contribution in [3.05, 3.63) is 29.6 Å². The van der Waals surface area contributed by atoms with Crippen LogP contribution in [-0.4, -0.2) is 53.3 Å². The first-order chi connectivity index (χ1) is 12.7. The Balaban J connectivity index is 1.96. The third kappa shape index (κ3) is 6.62. The number of guanidine groups is 1. The Morgan fingerprint density at radius 2 is 2.19 bits per heavy atom. The number of hydrogen-bond acceptors (Lipinski definition) is 4. The summed E-state index contributed by atoms with van der Waals surface area (Å²) in [7, 11) is 0. The van der Waals surface area contributed by atoms with Gasteiger partial charge in [0.2, 0.25) is 0 Å². The van der Waals surface area contributed by atoms with E-state index in [1.807, 2.05) is 27.7 Å². The molecular weight excluding hydrogens is 351 g/mol. The molecule has 7 nitrogen and oxygen atoms in total. The lowest BCUT2D eigenvalue weighted by atomic mass is 10.2. The average Bonchev–Trinajstić information content (AvgIpc) is 3.01. The molecule has 1 aromatic carbocycles. The Bertz CT molecular complexity index is 688. The maximum atomic E-state index is 13.5. The molecule has 1 atom stereocenters. The monoisotopic (exact) mass is 380 g/mol. The summed E-state index contributed by atoms with van der Waals surface area (Å²) in [5, 5.41) is 15.4. The standard InChI is InChI=1S/C19H29FN4O3/c1-5-21-17(22-11-13-6-7-16(25)15(20)10-13)24-9-8-14(12-24)23-18(26)27-19(2,3)4/h6-7,10,14,25H,5,8-9,11-12H2,1-4H3,(H,21,22)(H,23,26). The molecule has 1 aromatic rings. The van der Waals surface area contributed by atoms with Crippen molar-refractivity contribution in [1.82, 2.24) is 15.5 Å². The van der Waals surface area contributed by atoms with Gasteiger partial charge >= 0.3 is 6.09 Å². The molecule has 0 aliphatic carbocycles. The number of phenols is 1. The normalized spacial score (nSPS) is 17.7. The van der Waals surface area contributed by atoms with Crippen molar-refractivity contribution >= 4 is 12.1 Å². The van der Waals surface area contributed by atoms with E-state index in [0.29, 0.717) is 31.2 Å². The first kappa shape index (κ1) is 20.8. The number of rotatable bonds is 4. The highest BCUT2D eigenvalue weighted by molar-refractivity contribution is 5.80. The number of aliphatic imine (C=N–C) groups is 1. The molecular formula is C19H29FN4O3. The fraction of sp³-hybridized carbons (Fsp3) is 0.579. The van der Waals surface area contributed by atoms with Crippen LogP contribution in [0, 0.1) is 5.82 Å². The molecule has 150 valence electrons. The predicted molar refractivity (Wildman–Crippen MR) is 102 cm³/mol. The largest absolute Gasteiger partial charge is 0.505 e. The molecule has 1 heterocycles. The summed E-state index contributed by atoms with van der Waals surface area (Å²) >= 11 is 0. The number of amides is 1. The van der Waals surface area contributed by atoms with Gasteiger partial charge < -0.3 is 25.4 Å². The van der Waals surface area contributed by atoms with Gasteiger partial charge in [-0.1, -0.05) is 6.07 Å². The van der Waals surface area contributed by atoms with Crippen LogP contribution < -0.4 is 10.6 Å². The van der Waals surface area contributed by atoms with Crippen LogP contribution in [0.15, 0.2) is 23.2 Å². The molecule has 2 rings (SSSR count). The highest BCUT2D eigenvalue weighted by Gasteiger charge is 2.27. The van der Waals surface area contributed by atoms with Crippen molar-refractivity contribution in [2.75, 3.05) is 19.6 Å². The third-order valence-corrected chi connectivity index (χ3v) is 3.97. The maximum Gasteiger partial charge on any atom is 0.407 e. The van der Waals surface area contributed by atoms with Gasteiger partial charge in [0, 0.05) is 19.6 Å². The van der Waals surface area contributed by atoms with Crippen LogP contribution in [0.3, 0.4) is 0 Å². The van der Waals surface area contributed by atoms with Crippen molar-refractivity contribution in [1.29, 1.82) is 0 Å². The minimum atomic E-state index is -0.657. The summed E-state index contributed by atoms with van der Waals surface area (Å²) in [6.45, 7) is 9.82. The zero-order chi connectivity index (χ0) is 20.0. The van der Waals surface area contributed by atoms with Gasteiger partial charge in [0.15, 0.2) is 17.5 Å². The number of benzene rings is 1. The van der Waals surface area contributed by atoms with Crippen molar-refractivity contribution in [2.24, 2.45) is 4.99 Å². The molecule has 1 saturated heterocycles. The van der Waals surface area contributed by atoms with Crippen molar-refractivity contribution in [2.45, 2.75) is 52.3 Å². The van der Waals surface area contributed by atoms with Crippen LogP contribution in [0.5, 0.6) is 5.75 Å². The Morgan fingerprint density at radius 3 is 2.81 bits per heavy atom. The molecule has 0 aromatic heterocycles. The molecule has 3 N–H and O–H groups in total. The molecule has 0 spiro atoms. The molecule has 0 bridgehead atoms. The van der Waals surface area contributed by atoms with Gasteiger partial charge in [0.05, 0.1) is 12.6 Å². The zero-order valence-corrected chi connectivity index (χ0v) is 16.4. The summed E-state index contributed by atoms with van der Waals surface area (Å²) in [5.74, 6) is -0.319.